The highest BCUT2D eigenvalue weighted by Crippen LogP contribution is 2.35. The summed E-state index contributed by atoms with van der Waals surface area (Å²) >= 11 is 0. The second kappa shape index (κ2) is 5.69. The van der Waals surface area contributed by atoms with Gasteiger partial charge in [-0.05, 0) is 24.7 Å². The molecule has 16 heavy (non-hydrogen) atoms. The molecule has 0 bridgehead atoms. The third-order valence-corrected chi connectivity index (χ3v) is 2.80. The van der Waals surface area contributed by atoms with Crippen molar-refractivity contribution in [2.45, 2.75) is 25.8 Å². The fraction of sp³-hybridized carbons (Fsp3) is 0.800. The van der Waals surface area contributed by atoms with E-state index in [0.29, 0.717) is 18.4 Å². The molecule has 1 aliphatic rings. The molecule has 0 aromatic heterocycles. The number of aliphatic hydroxyl groups excluding tert-OH is 1. The van der Waals surface area contributed by atoms with Crippen LogP contribution in [-0.4, -0.2) is 41.4 Å². The molecule has 1 aliphatic carbocycles. The number of aliphatic hydroxyl groups is 1. The van der Waals surface area contributed by atoms with Crippen molar-refractivity contribution in [1.82, 2.24) is 10.6 Å². The topological polar surface area (TPSA) is 98.7 Å². The largest absolute Gasteiger partial charge is 0.480 e. The highest BCUT2D eigenvalue weighted by Gasteiger charge is 2.28. The van der Waals surface area contributed by atoms with Gasteiger partial charge in [-0.15, -0.1) is 0 Å². The Labute approximate surface area is 94.0 Å². The van der Waals surface area contributed by atoms with Gasteiger partial charge in [-0.25, -0.2) is 9.59 Å². The lowest BCUT2D eigenvalue weighted by Crippen LogP contribution is -2.48. The van der Waals surface area contributed by atoms with Crippen LogP contribution in [0.1, 0.15) is 19.8 Å². The lowest BCUT2D eigenvalue weighted by atomic mass is 10.1. The molecule has 1 saturated carbocycles. The molecular formula is C10H18N2O4. The van der Waals surface area contributed by atoms with Gasteiger partial charge in [0.15, 0.2) is 6.04 Å². The summed E-state index contributed by atoms with van der Waals surface area (Å²) in [6.07, 6.45) is 2.41. The zero-order valence-corrected chi connectivity index (χ0v) is 9.27. The fourth-order valence-electron chi connectivity index (χ4n) is 1.48. The van der Waals surface area contributed by atoms with E-state index in [1.807, 2.05) is 0 Å². The molecule has 1 rings (SSSR count). The van der Waals surface area contributed by atoms with Crippen LogP contribution in [0.4, 0.5) is 4.79 Å². The first-order valence-corrected chi connectivity index (χ1v) is 5.42. The first kappa shape index (κ1) is 12.8. The quantitative estimate of drug-likeness (QED) is 0.507. The lowest BCUT2D eigenvalue weighted by molar-refractivity contribution is -0.140. The van der Waals surface area contributed by atoms with Gasteiger partial charge < -0.3 is 20.8 Å². The van der Waals surface area contributed by atoms with Crippen molar-refractivity contribution in [3.8, 4) is 0 Å². The minimum atomic E-state index is -1.24. The monoisotopic (exact) mass is 230 g/mol. The second-order valence-corrected chi connectivity index (χ2v) is 4.24. The Kier molecular flexibility index (Phi) is 4.54. The Morgan fingerprint density at radius 1 is 1.44 bits per heavy atom. The average molecular weight is 230 g/mol. The number of hydrogen-bond donors (Lipinski definition) is 4. The van der Waals surface area contributed by atoms with Crippen LogP contribution in [0.25, 0.3) is 0 Å². The number of amides is 2. The van der Waals surface area contributed by atoms with Gasteiger partial charge in [0.2, 0.25) is 0 Å². The maximum atomic E-state index is 11.3. The van der Waals surface area contributed by atoms with Crippen molar-refractivity contribution in [3.05, 3.63) is 0 Å². The molecular weight excluding hydrogens is 212 g/mol. The molecule has 0 aromatic carbocycles. The number of carboxylic acid groups (broad SMARTS) is 1. The number of urea groups is 1. The maximum Gasteiger partial charge on any atom is 0.328 e. The van der Waals surface area contributed by atoms with E-state index in [0.717, 1.165) is 0 Å². The first-order valence-electron chi connectivity index (χ1n) is 5.42. The molecule has 6 nitrogen and oxygen atoms in total. The van der Waals surface area contributed by atoms with Crippen molar-refractivity contribution in [2.75, 3.05) is 13.2 Å². The van der Waals surface area contributed by atoms with Crippen molar-refractivity contribution in [2.24, 2.45) is 11.8 Å². The molecule has 4 N–H and O–H groups in total. The Morgan fingerprint density at radius 2 is 2.06 bits per heavy atom. The highest BCUT2D eigenvalue weighted by atomic mass is 16.4. The molecule has 92 valence electrons. The van der Waals surface area contributed by atoms with Crippen LogP contribution < -0.4 is 10.6 Å². The van der Waals surface area contributed by atoms with Crippen molar-refractivity contribution in [3.63, 3.8) is 0 Å². The SMILES string of the molecule is CC(CNC(=O)NC(CO)C(=O)O)C1CC1. The number of carboxylic acids is 1. The fourth-order valence-corrected chi connectivity index (χ4v) is 1.48. The molecule has 1 fully saturated rings. The Hall–Kier alpha value is -1.30. The predicted octanol–water partition coefficient (Wildman–Crippen LogP) is -0.223. The van der Waals surface area contributed by atoms with Crippen LogP contribution >= 0.6 is 0 Å². The summed E-state index contributed by atoms with van der Waals surface area (Å²) in [6.45, 7) is 1.98. The van der Waals surface area contributed by atoms with Gasteiger partial charge in [0.1, 0.15) is 0 Å². The van der Waals surface area contributed by atoms with E-state index in [2.05, 4.69) is 17.6 Å². The minimum absolute atomic E-state index is 0.420. The molecule has 0 heterocycles. The lowest BCUT2D eigenvalue weighted by Gasteiger charge is -2.15. The summed E-state index contributed by atoms with van der Waals surface area (Å²) in [5.74, 6) is -0.135. The third-order valence-electron chi connectivity index (χ3n) is 2.80. The van der Waals surface area contributed by atoms with E-state index >= 15 is 0 Å². The molecule has 0 saturated heterocycles. The Bertz CT molecular complexity index is 266. The van der Waals surface area contributed by atoms with Gasteiger partial charge in [0, 0.05) is 6.54 Å². The van der Waals surface area contributed by atoms with Crippen molar-refractivity contribution in [1.29, 1.82) is 0 Å². The number of carbonyl (C=O) groups excluding carboxylic acids is 1. The zero-order valence-electron chi connectivity index (χ0n) is 9.27. The summed E-state index contributed by atoms with van der Waals surface area (Å²) < 4.78 is 0. The van der Waals surface area contributed by atoms with E-state index < -0.39 is 24.6 Å². The molecule has 0 radical (unpaired) electrons. The number of aliphatic carboxylic acids is 1. The van der Waals surface area contributed by atoms with E-state index in [1.165, 1.54) is 12.8 Å². The molecule has 6 heteroatoms. The second-order valence-electron chi connectivity index (χ2n) is 4.24. The van der Waals surface area contributed by atoms with E-state index in [-0.39, 0.29) is 0 Å². The minimum Gasteiger partial charge on any atom is -0.480 e. The van der Waals surface area contributed by atoms with Gasteiger partial charge in [-0.3, -0.25) is 0 Å². The zero-order chi connectivity index (χ0) is 12.1. The summed E-state index contributed by atoms with van der Waals surface area (Å²) in [5.41, 5.74) is 0. The van der Waals surface area contributed by atoms with Gasteiger partial charge in [0.05, 0.1) is 6.61 Å². The van der Waals surface area contributed by atoms with Crippen LogP contribution in [0.3, 0.4) is 0 Å². The van der Waals surface area contributed by atoms with E-state index in [4.69, 9.17) is 10.2 Å². The highest BCUT2D eigenvalue weighted by molar-refractivity contribution is 5.82. The standard InChI is InChI=1S/C10H18N2O4/c1-6(7-2-3-7)4-11-10(16)12-8(5-13)9(14)15/h6-8,13H,2-5H2,1H3,(H,14,15)(H2,11,12,16). The Balaban J connectivity index is 2.20. The summed E-state index contributed by atoms with van der Waals surface area (Å²) in [6, 6.07) is -1.79. The smallest absolute Gasteiger partial charge is 0.328 e. The van der Waals surface area contributed by atoms with Gasteiger partial charge in [0.25, 0.3) is 0 Å². The maximum absolute atomic E-state index is 11.3. The van der Waals surface area contributed by atoms with Crippen molar-refractivity contribution >= 4 is 12.0 Å². The normalized spacial score (nSPS) is 18.6. The van der Waals surface area contributed by atoms with Crippen LogP contribution in [0.15, 0.2) is 0 Å². The summed E-state index contributed by atoms with van der Waals surface area (Å²) in [4.78, 5) is 21.8. The van der Waals surface area contributed by atoms with Gasteiger partial charge in [-0.2, -0.15) is 0 Å². The van der Waals surface area contributed by atoms with Gasteiger partial charge >= 0.3 is 12.0 Å². The molecule has 0 aliphatic heterocycles. The number of hydrogen-bond acceptors (Lipinski definition) is 3. The van der Waals surface area contributed by atoms with Crippen LogP contribution in [0.5, 0.6) is 0 Å². The van der Waals surface area contributed by atoms with Crippen LogP contribution in [-0.2, 0) is 4.79 Å². The number of nitrogens with one attached hydrogen (secondary N) is 2. The molecule has 0 aromatic rings. The third kappa shape index (κ3) is 4.06. The molecule has 0 spiro atoms. The van der Waals surface area contributed by atoms with E-state index in [9.17, 15) is 9.59 Å². The average Bonchev–Trinajstić information content (AvgIpc) is 3.05. The van der Waals surface area contributed by atoms with E-state index in [1.54, 1.807) is 0 Å². The summed E-state index contributed by atoms with van der Waals surface area (Å²) in [7, 11) is 0. The number of rotatable bonds is 6. The Morgan fingerprint density at radius 3 is 2.50 bits per heavy atom. The van der Waals surface area contributed by atoms with Crippen LogP contribution in [0, 0.1) is 11.8 Å². The first-order chi connectivity index (χ1) is 7.54. The summed E-state index contributed by atoms with van der Waals surface area (Å²) in [5, 5.41) is 22.1. The predicted molar refractivity (Wildman–Crippen MR) is 56.9 cm³/mol. The molecule has 2 unspecified atom stereocenters. The van der Waals surface area contributed by atoms with Crippen molar-refractivity contribution < 1.29 is 19.8 Å². The van der Waals surface area contributed by atoms with Gasteiger partial charge in [-0.1, -0.05) is 6.92 Å². The molecule has 2 atom stereocenters. The number of carbonyl (C=O) groups is 2. The molecule has 2 amide bonds. The van der Waals surface area contributed by atoms with Crippen LogP contribution in [0.2, 0.25) is 0 Å².